The van der Waals surface area contributed by atoms with E-state index in [0.717, 1.165) is 82.6 Å². The Morgan fingerprint density at radius 1 is 0.756 bits per heavy atom. The molecule has 0 aromatic heterocycles. The van der Waals surface area contributed by atoms with Crippen molar-refractivity contribution in [3.05, 3.63) is 11.6 Å². The third-order valence-corrected chi connectivity index (χ3v) is 8.90. The van der Waals surface area contributed by atoms with Gasteiger partial charge >= 0.3 is 5.97 Å². The second kappa shape index (κ2) is 22.3. The third kappa shape index (κ3) is 16.3. The lowest BCUT2D eigenvalue weighted by Crippen LogP contribution is -2.31. The standard InChI is InChI=1S/C35H62O6/c1-3-4-5-6-7-8-9-10-14-17-23-31(37)33-25-26-34(41-33)32(38)24-19-18-22-30(36)21-16-13-11-12-15-20-29-27-28(2)40-35(29)39/h27-28,31-34,37-38H,3-26H2,1-2H3/t28-,31+,32+,33?,34?/m0/s1. The van der Waals surface area contributed by atoms with Crippen molar-refractivity contribution in [3.63, 3.8) is 0 Å². The Bertz CT molecular complexity index is 734. The van der Waals surface area contributed by atoms with Crippen molar-refractivity contribution in [1.29, 1.82) is 0 Å². The SMILES string of the molecule is CCCCCCCCCCCC[C@@H](O)C1CCC([C@H](O)CCCCC(=O)CCCCCCCC2=C[C@H](C)OC2=O)O1. The fraction of sp³-hybridized carbons (Fsp3) is 0.886. The number of ketones is 1. The lowest BCUT2D eigenvalue weighted by Gasteiger charge is -2.22. The molecule has 5 atom stereocenters. The van der Waals surface area contributed by atoms with Gasteiger partial charge in [-0.25, -0.2) is 4.79 Å². The van der Waals surface area contributed by atoms with Crippen molar-refractivity contribution >= 4 is 11.8 Å². The highest BCUT2D eigenvalue weighted by atomic mass is 16.5. The summed E-state index contributed by atoms with van der Waals surface area (Å²) in [5.74, 6) is 0.156. The van der Waals surface area contributed by atoms with Gasteiger partial charge < -0.3 is 19.7 Å². The van der Waals surface area contributed by atoms with Gasteiger partial charge in [0.25, 0.3) is 0 Å². The first-order valence-electron chi connectivity index (χ1n) is 17.4. The van der Waals surface area contributed by atoms with E-state index in [-0.39, 0.29) is 24.3 Å². The molecule has 1 fully saturated rings. The van der Waals surface area contributed by atoms with E-state index in [9.17, 15) is 19.8 Å². The molecule has 0 amide bonds. The first-order valence-corrected chi connectivity index (χ1v) is 17.4. The minimum atomic E-state index is -0.510. The van der Waals surface area contributed by atoms with Crippen LogP contribution in [-0.2, 0) is 19.1 Å². The molecule has 0 aromatic rings. The molecule has 2 N–H and O–H groups in total. The molecule has 0 aromatic carbocycles. The van der Waals surface area contributed by atoms with Gasteiger partial charge in [-0.2, -0.15) is 0 Å². The number of rotatable bonds is 26. The zero-order valence-electron chi connectivity index (χ0n) is 26.5. The molecule has 0 saturated carbocycles. The van der Waals surface area contributed by atoms with Gasteiger partial charge in [-0.15, -0.1) is 0 Å². The normalized spacial score (nSPS) is 22.1. The number of carbonyl (C=O) groups is 2. The number of unbranched alkanes of at least 4 members (excludes halogenated alkanes) is 14. The number of hydrogen-bond acceptors (Lipinski definition) is 6. The second-order valence-electron chi connectivity index (χ2n) is 12.8. The van der Waals surface area contributed by atoms with Crippen LogP contribution in [0.4, 0.5) is 0 Å². The predicted molar refractivity (Wildman–Crippen MR) is 166 cm³/mol. The van der Waals surface area contributed by atoms with Crippen LogP contribution in [0.2, 0.25) is 0 Å². The molecule has 2 unspecified atom stereocenters. The van der Waals surface area contributed by atoms with Crippen LogP contribution in [0.25, 0.3) is 0 Å². The van der Waals surface area contributed by atoms with Gasteiger partial charge in [0.2, 0.25) is 0 Å². The summed E-state index contributed by atoms with van der Waals surface area (Å²) >= 11 is 0. The Labute approximate surface area is 251 Å². The lowest BCUT2D eigenvalue weighted by molar-refractivity contribution is -0.139. The number of carbonyl (C=O) groups excluding carboxylic acids is 2. The van der Waals surface area contributed by atoms with E-state index in [1.807, 2.05) is 13.0 Å². The zero-order chi connectivity index (χ0) is 29.7. The van der Waals surface area contributed by atoms with E-state index in [1.165, 1.54) is 57.8 Å². The monoisotopic (exact) mass is 578 g/mol. The highest BCUT2D eigenvalue weighted by molar-refractivity contribution is 5.90. The molecular weight excluding hydrogens is 516 g/mol. The van der Waals surface area contributed by atoms with Crippen LogP contribution in [0.15, 0.2) is 11.6 Å². The summed E-state index contributed by atoms with van der Waals surface area (Å²) in [6, 6.07) is 0. The summed E-state index contributed by atoms with van der Waals surface area (Å²) in [5, 5.41) is 21.2. The number of esters is 1. The highest BCUT2D eigenvalue weighted by Crippen LogP contribution is 2.28. The van der Waals surface area contributed by atoms with Crippen molar-refractivity contribution in [2.45, 2.75) is 198 Å². The minimum Gasteiger partial charge on any atom is -0.455 e. The van der Waals surface area contributed by atoms with E-state index >= 15 is 0 Å². The molecular formula is C35H62O6. The number of Topliss-reactive ketones (excluding diaryl/α,β-unsaturated/α-hetero) is 1. The van der Waals surface area contributed by atoms with Gasteiger partial charge in [0.1, 0.15) is 11.9 Å². The van der Waals surface area contributed by atoms with Gasteiger partial charge in [0.05, 0.1) is 24.4 Å². The van der Waals surface area contributed by atoms with Gasteiger partial charge in [-0.3, -0.25) is 4.79 Å². The van der Waals surface area contributed by atoms with Crippen LogP contribution in [0.5, 0.6) is 0 Å². The fourth-order valence-electron chi connectivity index (χ4n) is 6.25. The van der Waals surface area contributed by atoms with E-state index in [1.54, 1.807) is 0 Å². The summed E-state index contributed by atoms with van der Waals surface area (Å²) in [4.78, 5) is 23.8. The summed E-state index contributed by atoms with van der Waals surface area (Å²) in [7, 11) is 0. The maximum atomic E-state index is 12.2. The van der Waals surface area contributed by atoms with E-state index < -0.39 is 12.2 Å². The molecule has 0 spiro atoms. The first kappa shape index (κ1) is 36.0. The molecule has 2 aliphatic rings. The van der Waals surface area contributed by atoms with Crippen molar-refractivity contribution < 1.29 is 29.3 Å². The number of aliphatic hydroxyl groups is 2. The average molecular weight is 579 g/mol. The van der Waals surface area contributed by atoms with Crippen molar-refractivity contribution in [1.82, 2.24) is 0 Å². The van der Waals surface area contributed by atoms with Gasteiger partial charge in [-0.05, 0) is 64.4 Å². The molecule has 6 nitrogen and oxygen atoms in total. The maximum Gasteiger partial charge on any atom is 0.334 e. The molecule has 2 heterocycles. The number of aliphatic hydroxyl groups excluding tert-OH is 2. The molecule has 0 radical (unpaired) electrons. The van der Waals surface area contributed by atoms with Crippen molar-refractivity contribution in [2.75, 3.05) is 0 Å². The Kier molecular flexibility index (Phi) is 19.6. The van der Waals surface area contributed by atoms with Crippen molar-refractivity contribution in [2.24, 2.45) is 0 Å². The quantitative estimate of drug-likeness (QED) is 0.0792. The molecule has 41 heavy (non-hydrogen) atoms. The Morgan fingerprint density at radius 2 is 1.22 bits per heavy atom. The molecule has 6 heteroatoms. The molecule has 0 bridgehead atoms. The van der Waals surface area contributed by atoms with Crippen molar-refractivity contribution in [3.8, 4) is 0 Å². The fourth-order valence-corrected chi connectivity index (χ4v) is 6.25. The largest absolute Gasteiger partial charge is 0.455 e. The Morgan fingerprint density at radius 3 is 1.76 bits per heavy atom. The third-order valence-electron chi connectivity index (χ3n) is 8.90. The maximum absolute atomic E-state index is 12.2. The van der Waals surface area contributed by atoms with Crippen LogP contribution in [-0.4, -0.2) is 52.5 Å². The summed E-state index contributed by atoms with van der Waals surface area (Å²) < 4.78 is 11.2. The average Bonchev–Trinajstić information content (AvgIpc) is 3.57. The van der Waals surface area contributed by atoms with Gasteiger partial charge in [0.15, 0.2) is 0 Å². The van der Waals surface area contributed by atoms with Crippen LogP contribution < -0.4 is 0 Å². The summed E-state index contributed by atoms with van der Waals surface area (Å²) in [6.45, 7) is 4.14. The smallest absolute Gasteiger partial charge is 0.334 e. The van der Waals surface area contributed by atoms with Crippen LogP contribution in [0, 0.1) is 0 Å². The van der Waals surface area contributed by atoms with Crippen LogP contribution >= 0.6 is 0 Å². The summed E-state index contributed by atoms with van der Waals surface area (Å²) in [6.07, 6.45) is 25.4. The Balaban J connectivity index is 1.39. The van der Waals surface area contributed by atoms with E-state index in [0.29, 0.717) is 25.0 Å². The van der Waals surface area contributed by atoms with E-state index in [2.05, 4.69) is 6.92 Å². The second-order valence-corrected chi connectivity index (χ2v) is 12.8. The molecule has 2 aliphatic heterocycles. The van der Waals surface area contributed by atoms with E-state index in [4.69, 9.17) is 9.47 Å². The highest BCUT2D eigenvalue weighted by Gasteiger charge is 2.34. The summed E-state index contributed by atoms with van der Waals surface area (Å²) in [5.41, 5.74) is 0.814. The zero-order valence-corrected chi connectivity index (χ0v) is 26.5. The number of cyclic esters (lactones) is 1. The van der Waals surface area contributed by atoms with Crippen LogP contribution in [0.1, 0.15) is 168 Å². The molecule has 1 saturated heterocycles. The topological polar surface area (TPSA) is 93.1 Å². The van der Waals surface area contributed by atoms with Gasteiger partial charge in [0, 0.05) is 18.4 Å². The molecule has 238 valence electrons. The lowest BCUT2D eigenvalue weighted by atomic mass is 9.99. The molecule has 2 rings (SSSR count). The molecule has 0 aliphatic carbocycles. The number of hydrogen-bond donors (Lipinski definition) is 2. The van der Waals surface area contributed by atoms with Crippen LogP contribution in [0.3, 0.4) is 0 Å². The first-order chi connectivity index (χ1) is 19.9. The number of ether oxygens (including phenoxy) is 2. The predicted octanol–water partition coefficient (Wildman–Crippen LogP) is 8.30. The van der Waals surface area contributed by atoms with Gasteiger partial charge in [-0.1, -0.05) is 96.8 Å². The Hall–Kier alpha value is -1.24. The minimum absolute atomic E-state index is 0.0851.